The van der Waals surface area contributed by atoms with Crippen molar-refractivity contribution in [1.82, 2.24) is 24.8 Å². The van der Waals surface area contributed by atoms with Gasteiger partial charge in [-0.15, -0.1) is 0 Å². The van der Waals surface area contributed by atoms with Crippen LogP contribution in [0.15, 0.2) is 42.7 Å². The van der Waals surface area contributed by atoms with Gasteiger partial charge in [0.15, 0.2) is 17.3 Å². The van der Waals surface area contributed by atoms with E-state index in [9.17, 15) is 18.8 Å². The van der Waals surface area contributed by atoms with Gasteiger partial charge in [-0.1, -0.05) is 24.1 Å². The molecule has 9 nitrogen and oxygen atoms in total. The van der Waals surface area contributed by atoms with Gasteiger partial charge in [0.25, 0.3) is 0 Å². The number of aryl methyl sites for hydroxylation is 2. The lowest BCUT2D eigenvalue weighted by atomic mass is 10.1. The molecule has 0 atom stereocenters. The topological polar surface area (TPSA) is 122 Å². The first-order valence-electron chi connectivity index (χ1n) is 10.6. The number of amides is 2. The van der Waals surface area contributed by atoms with Crippen molar-refractivity contribution >= 4 is 28.6 Å². The highest BCUT2D eigenvalue weighted by Crippen LogP contribution is 2.21. The van der Waals surface area contributed by atoms with E-state index in [0.717, 1.165) is 11.6 Å². The number of benzene rings is 2. The summed E-state index contributed by atoms with van der Waals surface area (Å²) in [6.45, 7) is 3.81. The van der Waals surface area contributed by atoms with Gasteiger partial charge in [-0.05, 0) is 43.5 Å². The molecule has 178 valence electrons. The molecule has 0 radical (unpaired) electrons. The Kier molecular flexibility index (Phi) is 6.57. The van der Waals surface area contributed by atoms with Gasteiger partial charge in [0.2, 0.25) is 0 Å². The molecule has 2 aromatic heterocycles. The molecule has 2 heterocycles. The Morgan fingerprint density at radius 1 is 1.23 bits per heavy atom. The molecular weight excluding hydrogens is 456 g/mol. The number of carbonyl (C=O) groups is 1. The molecule has 4 aromatic rings. The molecule has 0 bridgehead atoms. The minimum Gasteiger partial charge on any atom is -0.383 e. The van der Waals surface area contributed by atoms with Gasteiger partial charge in [0.05, 0.1) is 11.9 Å². The molecule has 0 aliphatic carbocycles. The number of nitrogens with one attached hydrogen (secondary N) is 1. The van der Waals surface area contributed by atoms with Crippen molar-refractivity contribution in [3.63, 3.8) is 0 Å². The predicted octanol–water partition coefficient (Wildman–Crippen LogP) is 3.84. The van der Waals surface area contributed by atoms with E-state index in [0.29, 0.717) is 34.5 Å². The summed E-state index contributed by atoms with van der Waals surface area (Å²) in [4.78, 5) is 20.6. The Labute approximate surface area is 199 Å². The lowest BCUT2D eigenvalue weighted by Crippen LogP contribution is -2.31. The number of halogens is 2. The summed E-state index contributed by atoms with van der Waals surface area (Å²) in [6, 6.07) is 7.58. The van der Waals surface area contributed by atoms with E-state index in [4.69, 9.17) is 5.73 Å². The van der Waals surface area contributed by atoms with E-state index in [1.807, 2.05) is 13.8 Å². The summed E-state index contributed by atoms with van der Waals surface area (Å²) in [5.41, 5.74) is 8.63. The van der Waals surface area contributed by atoms with E-state index in [2.05, 4.69) is 32.2 Å². The predicted molar refractivity (Wildman–Crippen MR) is 125 cm³/mol. The third-order valence-corrected chi connectivity index (χ3v) is 5.25. The number of fused-ring (bicyclic) bond motifs is 1. The first-order valence-corrected chi connectivity index (χ1v) is 10.6. The van der Waals surface area contributed by atoms with Gasteiger partial charge >= 0.3 is 6.03 Å². The zero-order valence-electron chi connectivity index (χ0n) is 18.9. The standard InChI is InChI=1S/C24H21F2N7O2/c1-3-32-23-20(22(27)28-13-29-23)19(31-32)10-8-15-11-17(9-7-14(15)2)30-24(34)33(35)12-16-5-4-6-18(25)21(16)26/h4-7,9,11,13,35H,3,12H2,1-2H3,(H,30,34)(H2,27,28,29). The van der Waals surface area contributed by atoms with Crippen molar-refractivity contribution in [3.8, 4) is 11.8 Å². The summed E-state index contributed by atoms with van der Waals surface area (Å²) in [6.07, 6.45) is 1.37. The molecule has 0 unspecified atom stereocenters. The molecule has 0 saturated heterocycles. The highest BCUT2D eigenvalue weighted by molar-refractivity contribution is 5.91. The van der Waals surface area contributed by atoms with Crippen LogP contribution in [0.3, 0.4) is 0 Å². The number of hydroxylamine groups is 2. The van der Waals surface area contributed by atoms with Gasteiger partial charge < -0.3 is 11.1 Å². The average Bonchev–Trinajstić information content (AvgIpc) is 3.21. The molecule has 0 spiro atoms. The van der Waals surface area contributed by atoms with E-state index < -0.39 is 24.2 Å². The molecule has 0 aliphatic rings. The van der Waals surface area contributed by atoms with E-state index in [-0.39, 0.29) is 16.4 Å². The lowest BCUT2D eigenvalue weighted by molar-refractivity contribution is -0.0457. The van der Waals surface area contributed by atoms with Crippen LogP contribution in [0.5, 0.6) is 0 Å². The minimum atomic E-state index is -1.13. The highest BCUT2D eigenvalue weighted by atomic mass is 19.2. The summed E-state index contributed by atoms with van der Waals surface area (Å²) in [7, 11) is 0. The molecule has 2 aromatic carbocycles. The van der Waals surface area contributed by atoms with Crippen molar-refractivity contribution < 1.29 is 18.8 Å². The maximum absolute atomic E-state index is 13.8. The van der Waals surface area contributed by atoms with Crippen LogP contribution in [-0.2, 0) is 13.1 Å². The molecule has 4 N–H and O–H groups in total. The SMILES string of the molecule is CCn1nc(C#Cc2cc(NC(=O)N(O)Cc3cccc(F)c3F)ccc2C)c2c(N)ncnc21. The van der Waals surface area contributed by atoms with Crippen molar-refractivity contribution in [1.29, 1.82) is 0 Å². The molecule has 4 rings (SSSR count). The zero-order valence-corrected chi connectivity index (χ0v) is 18.9. The van der Waals surface area contributed by atoms with Crippen LogP contribution in [-0.4, -0.2) is 36.1 Å². The van der Waals surface area contributed by atoms with Gasteiger partial charge in [-0.25, -0.2) is 33.3 Å². The summed E-state index contributed by atoms with van der Waals surface area (Å²) >= 11 is 0. The number of carbonyl (C=O) groups excluding carboxylic acids is 1. The van der Waals surface area contributed by atoms with Gasteiger partial charge in [-0.2, -0.15) is 5.10 Å². The fraction of sp³-hybridized carbons (Fsp3) is 0.167. The highest BCUT2D eigenvalue weighted by Gasteiger charge is 2.16. The smallest absolute Gasteiger partial charge is 0.345 e. The summed E-state index contributed by atoms with van der Waals surface area (Å²) < 4.78 is 28.9. The Morgan fingerprint density at radius 2 is 2.03 bits per heavy atom. The largest absolute Gasteiger partial charge is 0.383 e. The fourth-order valence-electron chi connectivity index (χ4n) is 3.39. The van der Waals surface area contributed by atoms with E-state index in [1.54, 1.807) is 22.9 Å². The first kappa shape index (κ1) is 23.6. The van der Waals surface area contributed by atoms with Crippen LogP contribution in [0.25, 0.3) is 11.0 Å². The third-order valence-electron chi connectivity index (χ3n) is 5.25. The van der Waals surface area contributed by atoms with Crippen LogP contribution >= 0.6 is 0 Å². The fourth-order valence-corrected chi connectivity index (χ4v) is 3.39. The second-order valence-corrected chi connectivity index (χ2v) is 7.60. The van der Waals surface area contributed by atoms with Crippen molar-refractivity contribution in [2.75, 3.05) is 11.1 Å². The van der Waals surface area contributed by atoms with Crippen molar-refractivity contribution in [3.05, 3.63) is 76.7 Å². The number of aromatic nitrogens is 4. The number of hydrogen-bond donors (Lipinski definition) is 3. The third kappa shape index (κ3) is 4.87. The minimum absolute atomic E-state index is 0.167. The number of anilines is 2. The van der Waals surface area contributed by atoms with Crippen LogP contribution in [0.1, 0.15) is 29.3 Å². The first-order chi connectivity index (χ1) is 16.8. The monoisotopic (exact) mass is 477 g/mol. The quantitative estimate of drug-likeness (QED) is 0.233. The van der Waals surface area contributed by atoms with Crippen LogP contribution in [0.2, 0.25) is 0 Å². The molecule has 0 saturated carbocycles. The molecule has 2 amide bonds. The molecular formula is C24H21F2N7O2. The van der Waals surface area contributed by atoms with Gasteiger partial charge in [-0.3, -0.25) is 5.21 Å². The van der Waals surface area contributed by atoms with Gasteiger partial charge in [0, 0.05) is 23.4 Å². The van der Waals surface area contributed by atoms with Crippen LogP contribution < -0.4 is 11.1 Å². The molecule has 35 heavy (non-hydrogen) atoms. The maximum atomic E-state index is 13.8. The van der Waals surface area contributed by atoms with E-state index >= 15 is 0 Å². The van der Waals surface area contributed by atoms with Crippen molar-refractivity contribution in [2.45, 2.75) is 26.9 Å². The Hall–Kier alpha value is -4.56. The average molecular weight is 477 g/mol. The molecule has 11 heteroatoms. The molecule has 0 fully saturated rings. The van der Waals surface area contributed by atoms with E-state index in [1.165, 1.54) is 18.5 Å². The maximum Gasteiger partial charge on any atom is 0.345 e. The summed E-state index contributed by atoms with van der Waals surface area (Å²) in [5.74, 6) is 4.10. The number of rotatable bonds is 4. The number of hydrogen-bond acceptors (Lipinski definition) is 6. The number of urea groups is 1. The van der Waals surface area contributed by atoms with Crippen LogP contribution in [0.4, 0.5) is 25.1 Å². The lowest BCUT2D eigenvalue weighted by Gasteiger charge is -2.17. The van der Waals surface area contributed by atoms with Crippen LogP contribution in [0, 0.1) is 30.4 Å². The second-order valence-electron chi connectivity index (χ2n) is 7.60. The van der Waals surface area contributed by atoms with Crippen molar-refractivity contribution in [2.24, 2.45) is 0 Å². The zero-order chi connectivity index (χ0) is 25.1. The molecule has 0 aliphatic heterocycles. The summed E-state index contributed by atoms with van der Waals surface area (Å²) in [5, 5.41) is 17.8. The number of nitrogen functional groups attached to an aromatic ring is 1. The number of nitrogens with zero attached hydrogens (tertiary/aromatic N) is 5. The number of nitrogens with two attached hydrogens (primary N) is 1. The Morgan fingerprint density at radius 3 is 2.80 bits per heavy atom. The Bertz CT molecular complexity index is 1490. The normalized spacial score (nSPS) is 10.7. The second kappa shape index (κ2) is 9.74. The van der Waals surface area contributed by atoms with Gasteiger partial charge in [0.1, 0.15) is 17.8 Å². The Balaban J connectivity index is 1.56.